The van der Waals surface area contributed by atoms with E-state index < -0.39 is 23.9 Å². The van der Waals surface area contributed by atoms with Crippen molar-refractivity contribution in [3.05, 3.63) is 29.8 Å². The molecular weight excluding hydrogens is 574 g/mol. The van der Waals surface area contributed by atoms with Gasteiger partial charge in [-0.2, -0.15) is 0 Å². The normalized spacial score (nSPS) is 21.6. The third kappa shape index (κ3) is 9.20. The van der Waals surface area contributed by atoms with Crippen LogP contribution < -0.4 is 16.0 Å². The van der Waals surface area contributed by atoms with E-state index in [1.54, 1.807) is 36.2 Å². The summed E-state index contributed by atoms with van der Waals surface area (Å²) in [5, 5.41) is 8.17. The Balaban J connectivity index is 1.34. The summed E-state index contributed by atoms with van der Waals surface area (Å²) in [6.07, 6.45) is 2.91. The largest absolute Gasteiger partial charge is 0.445 e. The van der Waals surface area contributed by atoms with Crippen LogP contribution in [0.25, 0.3) is 0 Å². The number of nitrogens with one attached hydrogen (secondary N) is 3. The predicted molar refractivity (Wildman–Crippen MR) is 173 cm³/mol. The van der Waals surface area contributed by atoms with Crippen LogP contribution in [0.4, 0.5) is 10.5 Å². The van der Waals surface area contributed by atoms with Gasteiger partial charge in [-0.3, -0.25) is 19.2 Å². The van der Waals surface area contributed by atoms with E-state index in [0.717, 1.165) is 24.9 Å². The van der Waals surface area contributed by atoms with E-state index in [2.05, 4.69) is 29.8 Å². The molecule has 5 amide bonds. The van der Waals surface area contributed by atoms with Crippen molar-refractivity contribution in [3.63, 3.8) is 0 Å². The summed E-state index contributed by atoms with van der Waals surface area (Å²) in [6, 6.07) is 6.21. The number of hydrogen-bond donors (Lipinski definition) is 3. The number of ether oxygens (including phenoxy) is 1. The number of nitrogens with zero attached hydrogens (tertiary/aromatic N) is 2. The molecule has 0 spiro atoms. The molecule has 1 saturated carbocycles. The molecule has 0 aromatic heterocycles. The number of amides is 5. The summed E-state index contributed by atoms with van der Waals surface area (Å²) >= 11 is 0. The SMILES string of the molecule is CC(C)C(NC(=O)CCCCCN1C(=O)CC2C(C)C21C)C(=O)NCC(=O)Nc1ccc(COC(=O)N(C)C(C)C(C)C)cc1. The highest BCUT2D eigenvalue weighted by atomic mass is 16.6. The van der Waals surface area contributed by atoms with Gasteiger partial charge in [0.05, 0.1) is 6.54 Å². The maximum absolute atomic E-state index is 12.8. The first-order valence-electron chi connectivity index (χ1n) is 16.3. The van der Waals surface area contributed by atoms with Crippen LogP contribution in [0.5, 0.6) is 0 Å². The number of carbonyl (C=O) groups is 5. The van der Waals surface area contributed by atoms with Gasteiger partial charge in [-0.05, 0) is 68.1 Å². The van der Waals surface area contributed by atoms with Crippen molar-refractivity contribution in [2.45, 2.75) is 105 Å². The zero-order valence-corrected chi connectivity index (χ0v) is 28.3. The van der Waals surface area contributed by atoms with E-state index in [1.807, 2.05) is 39.5 Å². The van der Waals surface area contributed by atoms with Crippen molar-refractivity contribution in [1.29, 1.82) is 0 Å². The van der Waals surface area contributed by atoms with Gasteiger partial charge >= 0.3 is 6.09 Å². The number of fused-ring (bicyclic) bond motifs is 1. The minimum absolute atomic E-state index is 0.0230. The highest BCUT2D eigenvalue weighted by molar-refractivity contribution is 5.96. The molecule has 1 aromatic carbocycles. The Hall–Kier alpha value is -3.63. The lowest BCUT2D eigenvalue weighted by Crippen LogP contribution is -2.51. The van der Waals surface area contributed by atoms with E-state index in [1.165, 1.54) is 0 Å². The zero-order chi connectivity index (χ0) is 33.5. The fourth-order valence-corrected chi connectivity index (χ4v) is 6.12. The monoisotopic (exact) mass is 627 g/mol. The molecule has 2 fully saturated rings. The van der Waals surface area contributed by atoms with Gasteiger partial charge in [-0.25, -0.2) is 4.79 Å². The fourth-order valence-electron chi connectivity index (χ4n) is 6.12. The molecule has 2 aliphatic rings. The molecule has 5 unspecified atom stereocenters. The van der Waals surface area contributed by atoms with E-state index in [0.29, 0.717) is 42.7 Å². The van der Waals surface area contributed by atoms with Gasteiger partial charge in [0.25, 0.3) is 0 Å². The van der Waals surface area contributed by atoms with Gasteiger partial charge in [0.15, 0.2) is 0 Å². The van der Waals surface area contributed by atoms with Crippen molar-refractivity contribution in [2.24, 2.45) is 23.7 Å². The fraction of sp³-hybridized carbons (Fsp3) is 0.676. The molecule has 1 aromatic rings. The van der Waals surface area contributed by atoms with E-state index >= 15 is 0 Å². The third-order valence-electron chi connectivity index (χ3n) is 9.88. The Bertz CT molecular complexity index is 1220. The molecule has 1 aliphatic carbocycles. The number of likely N-dealkylation sites (tertiary alicyclic amines) is 1. The molecule has 11 nitrogen and oxygen atoms in total. The molecule has 3 N–H and O–H groups in total. The van der Waals surface area contributed by atoms with Crippen molar-refractivity contribution in [2.75, 3.05) is 25.5 Å². The average molecular weight is 628 g/mol. The molecule has 5 atom stereocenters. The lowest BCUT2D eigenvalue weighted by atomic mass is 10.0. The Kier molecular flexibility index (Phi) is 12.4. The molecule has 1 heterocycles. The lowest BCUT2D eigenvalue weighted by Gasteiger charge is -2.27. The number of rotatable bonds is 16. The number of piperidine rings is 1. The first-order chi connectivity index (χ1) is 21.2. The minimum atomic E-state index is -0.759. The van der Waals surface area contributed by atoms with Crippen LogP contribution in [0.3, 0.4) is 0 Å². The van der Waals surface area contributed by atoms with Gasteiger partial charge in [0, 0.05) is 43.7 Å². The Labute approximate surface area is 268 Å². The van der Waals surface area contributed by atoms with E-state index in [-0.39, 0.29) is 42.5 Å². The van der Waals surface area contributed by atoms with Crippen LogP contribution in [-0.2, 0) is 30.5 Å². The zero-order valence-electron chi connectivity index (χ0n) is 28.3. The average Bonchev–Trinajstić information content (AvgIpc) is 3.38. The summed E-state index contributed by atoms with van der Waals surface area (Å²) in [4.78, 5) is 66.1. The molecule has 1 saturated heterocycles. The maximum Gasteiger partial charge on any atom is 0.410 e. The molecule has 1 aliphatic heterocycles. The summed E-state index contributed by atoms with van der Waals surface area (Å²) < 4.78 is 5.39. The topological polar surface area (TPSA) is 137 Å². The number of anilines is 1. The number of hydrogen-bond acceptors (Lipinski definition) is 6. The quantitative estimate of drug-likeness (QED) is 0.234. The number of carbonyl (C=O) groups excluding carboxylic acids is 5. The predicted octanol–water partition coefficient (Wildman–Crippen LogP) is 4.31. The first kappa shape index (κ1) is 35.8. The lowest BCUT2D eigenvalue weighted by molar-refractivity contribution is -0.131. The molecule has 0 radical (unpaired) electrons. The molecule has 11 heteroatoms. The van der Waals surface area contributed by atoms with Crippen LogP contribution in [0.15, 0.2) is 24.3 Å². The number of benzene rings is 1. The molecule has 3 rings (SSSR count). The second-order valence-electron chi connectivity index (χ2n) is 13.6. The Morgan fingerprint density at radius 2 is 1.67 bits per heavy atom. The summed E-state index contributed by atoms with van der Waals surface area (Å²) in [7, 11) is 1.72. The summed E-state index contributed by atoms with van der Waals surface area (Å²) in [6.45, 7) is 14.7. The van der Waals surface area contributed by atoms with Crippen LogP contribution in [0.2, 0.25) is 0 Å². The summed E-state index contributed by atoms with van der Waals surface area (Å²) in [5.74, 6) is 0.406. The Morgan fingerprint density at radius 3 is 2.27 bits per heavy atom. The van der Waals surface area contributed by atoms with Crippen molar-refractivity contribution in [1.82, 2.24) is 20.4 Å². The molecule has 250 valence electrons. The second-order valence-corrected chi connectivity index (χ2v) is 13.6. The van der Waals surface area contributed by atoms with E-state index in [9.17, 15) is 24.0 Å². The highest BCUT2D eigenvalue weighted by Crippen LogP contribution is 2.60. The number of unbranched alkanes of at least 4 members (excludes halogenated alkanes) is 2. The highest BCUT2D eigenvalue weighted by Gasteiger charge is 2.67. The maximum atomic E-state index is 12.8. The van der Waals surface area contributed by atoms with E-state index in [4.69, 9.17) is 4.74 Å². The van der Waals surface area contributed by atoms with Crippen molar-refractivity contribution >= 4 is 35.4 Å². The smallest absolute Gasteiger partial charge is 0.410 e. The standard InChI is InChI=1S/C34H53N5O6/c1-21(2)24(6)38(8)33(44)45-20-25-13-15-26(16-14-25)36-29(41)19-35-32(43)31(22(3)4)37-28(40)12-10-9-11-17-39-30(42)18-27-23(5)34(27,39)7/h13-16,21-24,27,31H,9-12,17-20H2,1-8H3,(H,35,43)(H,36,41)(H,37,40). The first-order valence-corrected chi connectivity index (χ1v) is 16.3. The Morgan fingerprint density at radius 1 is 1.00 bits per heavy atom. The van der Waals surface area contributed by atoms with Crippen LogP contribution in [-0.4, -0.2) is 77.3 Å². The molecule has 45 heavy (non-hydrogen) atoms. The van der Waals surface area contributed by atoms with Gasteiger partial charge in [-0.15, -0.1) is 0 Å². The van der Waals surface area contributed by atoms with Crippen molar-refractivity contribution < 1.29 is 28.7 Å². The minimum Gasteiger partial charge on any atom is -0.445 e. The van der Waals surface area contributed by atoms with Crippen molar-refractivity contribution in [3.8, 4) is 0 Å². The van der Waals surface area contributed by atoms with Crippen LogP contribution >= 0.6 is 0 Å². The molecule has 0 bridgehead atoms. The van der Waals surface area contributed by atoms with Gasteiger partial charge in [0.2, 0.25) is 23.6 Å². The second kappa shape index (κ2) is 15.6. The van der Waals surface area contributed by atoms with Crippen LogP contribution in [0, 0.1) is 23.7 Å². The van der Waals surface area contributed by atoms with Crippen LogP contribution in [0.1, 0.15) is 86.1 Å². The third-order valence-corrected chi connectivity index (χ3v) is 9.88. The van der Waals surface area contributed by atoms with Gasteiger partial charge in [-0.1, -0.05) is 53.2 Å². The summed E-state index contributed by atoms with van der Waals surface area (Å²) in [5.41, 5.74) is 1.34. The molecular formula is C34H53N5O6. The van der Waals surface area contributed by atoms with Gasteiger partial charge in [0.1, 0.15) is 12.6 Å². The van der Waals surface area contributed by atoms with Gasteiger partial charge < -0.3 is 30.5 Å².